The average molecular weight is 341 g/mol. The van der Waals surface area contributed by atoms with E-state index in [-0.39, 0.29) is 5.56 Å². The number of nitrogens with zero attached hydrogens (tertiary/aromatic N) is 5. The van der Waals surface area contributed by atoms with Crippen LogP contribution >= 0.6 is 11.3 Å². The first kappa shape index (κ1) is 15.3. The van der Waals surface area contributed by atoms with Gasteiger partial charge in [0.2, 0.25) is 0 Å². The van der Waals surface area contributed by atoms with Gasteiger partial charge in [-0.15, -0.1) is 11.3 Å². The molecule has 1 saturated heterocycles. The highest BCUT2D eigenvalue weighted by Gasteiger charge is 2.19. The Morgan fingerprint density at radius 1 is 1.17 bits per heavy atom. The summed E-state index contributed by atoms with van der Waals surface area (Å²) < 4.78 is 1.58. The van der Waals surface area contributed by atoms with E-state index in [1.165, 1.54) is 0 Å². The number of thiazole rings is 1. The summed E-state index contributed by atoms with van der Waals surface area (Å²) in [6.45, 7) is 6.56. The Balaban J connectivity index is 1.44. The second kappa shape index (κ2) is 6.33. The molecule has 0 bridgehead atoms. The third-order valence-electron chi connectivity index (χ3n) is 4.26. The number of aryl methyl sites for hydroxylation is 1. The van der Waals surface area contributed by atoms with Gasteiger partial charge in [0.25, 0.3) is 5.56 Å². The fourth-order valence-electron chi connectivity index (χ4n) is 3.00. The fraction of sp³-hybridized carbons (Fsp3) is 0.353. The first-order valence-electron chi connectivity index (χ1n) is 8.06. The Bertz CT molecular complexity index is 910. The van der Waals surface area contributed by atoms with E-state index in [1.54, 1.807) is 28.0 Å². The molecule has 3 aromatic rings. The van der Waals surface area contributed by atoms with Gasteiger partial charge in [-0.25, -0.2) is 9.97 Å². The highest BCUT2D eigenvalue weighted by molar-refractivity contribution is 7.13. The number of hydrogen-bond acceptors (Lipinski definition) is 6. The van der Waals surface area contributed by atoms with Gasteiger partial charge in [0.1, 0.15) is 5.65 Å². The minimum absolute atomic E-state index is 0.0208. The van der Waals surface area contributed by atoms with Crippen LogP contribution in [0, 0.1) is 6.92 Å². The van der Waals surface area contributed by atoms with Crippen molar-refractivity contribution in [2.75, 3.05) is 31.1 Å². The summed E-state index contributed by atoms with van der Waals surface area (Å²) in [6.07, 6.45) is 1.75. The van der Waals surface area contributed by atoms with Crippen molar-refractivity contribution in [1.82, 2.24) is 19.3 Å². The molecule has 0 radical (unpaired) electrons. The SMILES string of the molecule is Cc1csc(N2CCN(Cc3cc(=O)n4ccccc4n3)CC2)n1. The third-order valence-corrected chi connectivity index (χ3v) is 5.28. The summed E-state index contributed by atoms with van der Waals surface area (Å²) in [5.41, 5.74) is 2.60. The number of aromatic nitrogens is 3. The molecule has 4 heterocycles. The highest BCUT2D eigenvalue weighted by atomic mass is 32.1. The highest BCUT2D eigenvalue weighted by Crippen LogP contribution is 2.21. The second-order valence-electron chi connectivity index (χ2n) is 6.05. The molecule has 4 rings (SSSR count). The van der Waals surface area contributed by atoms with Gasteiger partial charge < -0.3 is 4.90 Å². The molecular weight excluding hydrogens is 322 g/mol. The third kappa shape index (κ3) is 3.05. The normalized spacial score (nSPS) is 16.0. The fourth-order valence-corrected chi connectivity index (χ4v) is 3.85. The zero-order valence-corrected chi connectivity index (χ0v) is 14.4. The van der Waals surface area contributed by atoms with E-state index >= 15 is 0 Å². The summed E-state index contributed by atoms with van der Waals surface area (Å²) in [5, 5.41) is 3.20. The van der Waals surface area contributed by atoms with Crippen LogP contribution < -0.4 is 10.5 Å². The van der Waals surface area contributed by atoms with Crippen molar-refractivity contribution in [3.8, 4) is 0 Å². The van der Waals surface area contributed by atoms with Crippen molar-refractivity contribution < 1.29 is 0 Å². The number of rotatable bonds is 3. The van der Waals surface area contributed by atoms with Crippen molar-refractivity contribution in [3.63, 3.8) is 0 Å². The lowest BCUT2D eigenvalue weighted by Gasteiger charge is -2.34. The molecule has 1 aliphatic heterocycles. The molecule has 0 saturated carbocycles. The van der Waals surface area contributed by atoms with Gasteiger partial charge in [-0.3, -0.25) is 14.1 Å². The topological polar surface area (TPSA) is 53.7 Å². The molecule has 0 atom stereocenters. The van der Waals surface area contributed by atoms with E-state index in [0.717, 1.165) is 42.7 Å². The maximum atomic E-state index is 12.2. The number of pyridine rings is 1. The predicted molar refractivity (Wildman–Crippen MR) is 95.8 cm³/mol. The van der Waals surface area contributed by atoms with Gasteiger partial charge in [-0.1, -0.05) is 6.07 Å². The van der Waals surface area contributed by atoms with Gasteiger partial charge in [-0.05, 0) is 19.1 Å². The lowest BCUT2D eigenvalue weighted by molar-refractivity contribution is 0.247. The van der Waals surface area contributed by atoms with Crippen LogP contribution in [0.25, 0.3) is 5.65 Å². The monoisotopic (exact) mass is 341 g/mol. The van der Waals surface area contributed by atoms with E-state index in [0.29, 0.717) is 12.2 Å². The minimum atomic E-state index is -0.0208. The van der Waals surface area contributed by atoms with Crippen LogP contribution in [0.2, 0.25) is 0 Å². The molecule has 0 spiro atoms. The van der Waals surface area contributed by atoms with Crippen LogP contribution in [0.15, 0.2) is 40.6 Å². The molecule has 1 fully saturated rings. The van der Waals surface area contributed by atoms with E-state index in [2.05, 4.69) is 25.1 Å². The maximum absolute atomic E-state index is 12.2. The second-order valence-corrected chi connectivity index (χ2v) is 6.89. The summed E-state index contributed by atoms with van der Waals surface area (Å²) in [6, 6.07) is 7.26. The Morgan fingerprint density at radius 2 is 2.00 bits per heavy atom. The number of anilines is 1. The molecule has 24 heavy (non-hydrogen) atoms. The molecule has 0 aliphatic carbocycles. The zero-order chi connectivity index (χ0) is 16.5. The molecule has 0 amide bonds. The largest absolute Gasteiger partial charge is 0.346 e. The molecule has 3 aromatic heterocycles. The van der Waals surface area contributed by atoms with Crippen LogP contribution in [0.1, 0.15) is 11.4 Å². The lowest BCUT2D eigenvalue weighted by Crippen LogP contribution is -2.46. The molecule has 0 unspecified atom stereocenters. The Morgan fingerprint density at radius 3 is 2.75 bits per heavy atom. The van der Waals surface area contributed by atoms with Crippen LogP contribution in [-0.2, 0) is 6.54 Å². The van der Waals surface area contributed by atoms with Crippen molar-refractivity contribution >= 4 is 22.1 Å². The average Bonchev–Trinajstić information content (AvgIpc) is 3.02. The Hall–Kier alpha value is -2.25. The minimum Gasteiger partial charge on any atom is -0.346 e. The summed E-state index contributed by atoms with van der Waals surface area (Å²) in [5.74, 6) is 0. The van der Waals surface area contributed by atoms with Gasteiger partial charge in [0.05, 0.1) is 11.4 Å². The zero-order valence-electron chi connectivity index (χ0n) is 13.6. The van der Waals surface area contributed by atoms with Crippen LogP contribution in [-0.4, -0.2) is 45.4 Å². The van der Waals surface area contributed by atoms with E-state index in [4.69, 9.17) is 0 Å². The molecule has 7 heteroatoms. The molecule has 1 aliphatic rings. The summed E-state index contributed by atoms with van der Waals surface area (Å²) in [7, 11) is 0. The summed E-state index contributed by atoms with van der Waals surface area (Å²) in [4.78, 5) is 26.0. The van der Waals surface area contributed by atoms with Gasteiger partial charge >= 0.3 is 0 Å². The molecule has 0 N–H and O–H groups in total. The number of hydrogen-bond donors (Lipinski definition) is 0. The van der Waals surface area contributed by atoms with Crippen molar-refractivity contribution in [2.24, 2.45) is 0 Å². The lowest BCUT2D eigenvalue weighted by atomic mass is 10.3. The van der Waals surface area contributed by atoms with Crippen LogP contribution in [0.3, 0.4) is 0 Å². The van der Waals surface area contributed by atoms with Crippen molar-refractivity contribution in [3.05, 3.63) is 57.6 Å². The van der Waals surface area contributed by atoms with Crippen LogP contribution in [0.5, 0.6) is 0 Å². The Kier molecular flexibility index (Phi) is 4.03. The first-order chi connectivity index (χ1) is 11.7. The molecule has 124 valence electrons. The van der Waals surface area contributed by atoms with E-state index in [9.17, 15) is 4.79 Å². The summed E-state index contributed by atoms with van der Waals surface area (Å²) >= 11 is 1.70. The van der Waals surface area contributed by atoms with E-state index < -0.39 is 0 Å². The van der Waals surface area contributed by atoms with Crippen molar-refractivity contribution in [2.45, 2.75) is 13.5 Å². The van der Waals surface area contributed by atoms with Crippen LogP contribution in [0.4, 0.5) is 5.13 Å². The number of piperazine rings is 1. The van der Waals surface area contributed by atoms with Gasteiger partial charge in [0.15, 0.2) is 5.13 Å². The van der Waals surface area contributed by atoms with Crippen molar-refractivity contribution in [1.29, 1.82) is 0 Å². The first-order valence-corrected chi connectivity index (χ1v) is 8.94. The van der Waals surface area contributed by atoms with Gasteiger partial charge in [0, 0.05) is 50.4 Å². The van der Waals surface area contributed by atoms with E-state index in [1.807, 2.05) is 25.1 Å². The molecule has 0 aromatic carbocycles. The standard InChI is InChI=1S/C17H19N5OS/c1-13-12-24-17(18-13)21-8-6-20(7-9-21)11-14-10-16(23)22-5-3-2-4-15(22)19-14/h2-5,10,12H,6-9,11H2,1H3. The Labute approximate surface area is 144 Å². The quantitative estimate of drug-likeness (QED) is 0.727. The molecular formula is C17H19N5OS. The smallest absolute Gasteiger partial charge is 0.258 e. The van der Waals surface area contributed by atoms with Gasteiger partial charge in [-0.2, -0.15) is 0 Å². The predicted octanol–water partition coefficient (Wildman–Crippen LogP) is 1.78. The maximum Gasteiger partial charge on any atom is 0.258 e. The molecule has 6 nitrogen and oxygen atoms in total. The number of fused-ring (bicyclic) bond motifs is 1.